The lowest BCUT2D eigenvalue weighted by Gasteiger charge is -2.35. The summed E-state index contributed by atoms with van der Waals surface area (Å²) in [5.74, 6) is -0.0671. The summed E-state index contributed by atoms with van der Waals surface area (Å²) in [6, 6.07) is 6.43. The third-order valence-electron chi connectivity index (χ3n) is 4.00. The first-order chi connectivity index (χ1) is 10.1. The minimum atomic E-state index is -0.248. The van der Waals surface area contributed by atoms with Gasteiger partial charge in [0.1, 0.15) is 11.5 Å². The Morgan fingerprint density at radius 3 is 2.71 bits per heavy atom. The summed E-state index contributed by atoms with van der Waals surface area (Å²) in [4.78, 5) is 13.7. The minimum Gasteiger partial charge on any atom is -0.350 e. The van der Waals surface area contributed by atoms with Crippen molar-refractivity contribution in [3.63, 3.8) is 0 Å². The first-order valence-corrected chi connectivity index (χ1v) is 7.02. The largest absolute Gasteiger partial charge is 0.350 e. The summed E-state index contributed by atoms with van der Waals surface area (Å²) < 4.78 is 12.9. The third-order valence-corrected chi connectivity index (χ3v) is 4.00. The summed E-state index contributed by atoms with van der Waals surface area (Å²) in [7, 11) is 1.74. The molecule has 1 saturated carbocycles. The molecule has 1 aliphatic rings. The Hall–Kier alpha value is -2.24. The van der Waals surface area contributed by atoms with Crippen molar-refractivity contribution in [3.05, 3.63) is 47.5 Å². The number of carbonyl (C=O) groups is 1. The molecule has 1 fully saturated rings. The molecule has 5 nitrogen and oxygen atoms in total. The summed E-state index contributed by atoms with van der Waals surface area (Å²) in [5.41, 5.74) is 1.77. The molecule has 1 aliphatic carbocycles. The van der Waals surface area contributed by atoms with Crippen LogP contribution in [0.25, 0.3) is 0 Å². The van der Waals surface area contributed by atoms with Crippen molar-refractivity contribution < 1.29 is 9.18 Å². The summed E-state index contributed by atoms with van der Waals surface area (Å²) in [6.45, 7) is 0.388. The van der Waals surface area contributed by atoms with Gasteiger partial charge >= 0.3 is 0 Å². The van der Waals surface area contributed by atoms with Crippen molar-refractivity contribution in [2.24, 2.45) is 13.0 Å². The van der Waals surface area contributed by atoms with E-state index in [9.17, 15) is 9.18 Å². The molecular weight excluding hydrogens is 271 g/mol. The number of nitrogens with one attached hydrogen (secondary N) is 1. The molecule has 0 spiro atoms. The Labute approximate surface area is 122 Å². The fourth-order valence-electron chi connectivity index (χ4n) is 2.70. The molecule has 0 radical (unpaired) electrons. The molecule has 0 bridgehead atoms. The zero-order valence-electron chi connectivity index (χ0n) is 11.8. The lowest BCUT2D eigenvalue weighted by atomic mass is 9.69. The van der Waals surface area contributed by atoms with Crippen LogP contribution in [0.2, 0.25) is 0 Å². The van der Waals surface area contributed by atoms with Crippen LogP contribution in [0, 0.1) is 11.7 Å². The molecule has 0 aliphatic heterocycles. The molecule has 2 atom stereocenters. The first-order valence-electron chi connectivity index (χ1n) is 7.02. The summed E-state index contributed by atoms with van der Waals surface area (Å²) >= 11 is 0. The number of rotatable bonds is 4. The normalized spacial score (nSPS) is 20.9. The van der Waals surface area contributed by atoms with Gasteiger partial charge in [0.2, 0.25) is 5.91 Å². The topological polar surface area (TPSA) is 59.8 Å². The molecule has 110 valence electrons. The molecule has 1 heterocycles. The van der Waals surface area contributed by atoms with Gasteiger partial charge in [0.25, 0.3) is 0 Å². The highest BCUT2D eigenvalue weighted by Gasteiger charge is 2.37. The van der Waals surface area contributed by atoms with Crippen molar-refractivity contribution in [3.8, 4) is 0 Å². The number of nitrogens with zero attached hydrogens (tertiary/aromatic N) is 3. The molecule has 1 amide bonds. The van der Waals surface area contributed by atoms with Crippen LogP contribution in [0.15, 0.2) is 30.5 Å². The monoisotopic (exact) mass is 288 g/mol. The van der Waals surface area contributed by atoms with Gasteiger partial charge in [-0.25, -0.2) is 4.39 Å². The first kappa shape index (κ1) is 13.7. The smallest absolute Gasteiger partial charge is 0.224 e. The van der Waals surface area contributed by atoms with Crippen LogP contribution in [0.3, 0.4) is 0 Å². The van der Waals surface area contributed by atoms with Crippen molar-refractivity contribution >= 4 is 5.91 Å². The zero-order valence-corrected chi connectivity index (χ0v) is 11.8. The Morgan fingerprint density at radius 2 is 2.14 bits per heavy atom. The van der Waals surface area contributed by atoms with Crippen molar-refractivity contribution in [1.82, 2.24) is 20.3 Å². The average molecular weight is 288 g/mol. The zero-order chi connectivity index (χ0) is 14.8. The maximum atomic E-state index is 12.9. The number of halogens is 1. The van der Waals surface area contributed by atoms with E-state index >= 15 is 0 Å². The van der Waals surface area contributed by atoms with Crippen LogP contribution >= 0.6 is 0 Å². The van der Waals surface area contributed by atoms with E-state index in [0.29, 0.717) is 6.54 Å². The Balaban J connectivity index is 1.58. The highest BCUT2D eigenvalue weighted by Crippen LogP contribution is 2.42. The molecule has 1 N–H and O–H groups in total. The highest BCUT2D eigenvalue weighted by atomic mass is 19.1. The van der Waals surface area contributed by atoms with Gasteiger partial charge in [-0.2, -0.15) is 15.0 Å². The number of benzene rings is 1. The van der Waals surface area contributed by atoms with Crippen molar-refractivity contribution in [2.75, 3.05) is 0 Å². The summed E-state index contributed by atoms with van der Waals surface area (Å²) in [6.07, 6.45) is 3.47. The second kappa shape index (κ2) is 5.63. The van der Waals surface area contributed by atoms with Gasteiger partial charge in [0, 0.05) is 13.0 Å². The van der Waals surface area contributed by atoms with Crippen LogP contribution < -0.4 is 5.32 Å². The van der Waals surface area contributed by atoms with Gasteiger partial charge in [-0.1, -0.05) is 12.1 Å². The van der Waals surface area contributed by atoms with Gasteiger partial charge in [-0.3, -0.25) is 4.79 Å². The number of hydrogen-bond donors (Lipinski definition) is 1. The standard InChI is InChI=1S/C15H17FN4O/c1-20-18-9-12(19-20)8-17-15(21)14-7-6-13(14)10-2-4-11(16)5-3-10/h2-5,9,13-14H,6-8H2,1H3,(H,17,21). The number of aromatic nitrogens is 3. The van der Waals surface area contributed by atoms with Crippen LogP contribution in [0.5, 0.6) is 0 Å². The second-order valence-electron chi connectivity index (χ2n) is 5.39. The van der Waals surface area contributed by atoms with E-state index in [4.69, 9.17) is 0 Å². The molecule has 6 heteroatoms. The van der Waals surface area contributed by atoms with E-state index in [0.717, 1.165) is 24.1 Å². The average Bonchev–Trinajstić information content (AvgIpc) is 2.83. The minimum absolute atomic E-state index is 0.0289. The maximum absolute atomic E-state index is 12.9. The van der Waals surface area contributed by atoms with Crippen LogP contribution in [0.1, 0.15) is 30.0 Å². The van der Waals surface area contributed by atoms with E-state index in [1.165, 1.54) is 16.9 Å². The van der Waals surface area contributed by atoms with E-state index in [1.54, 1.807) is 25.4 Å². The molecule has 3 rings (SSSR count). The quantitative estimate of drug-likeness (QED) is 0.932. The van der Waals surface area contributed by atoms with E-state index in [1.807, 2.05) is 0 Å². The molecule has 1 aromatic heterocycles. The molecular formula is C15H17FN4O. The van der Waals surface area contributed by atoms with Crippen LogP contribution in [-0.2, 0) is 18.4 Å². The third kappa shape index (κ3) is 2.94. The van der Waals surface area contributed by atoms with Gasteiger partial charge < -0.3 is 5.32 Å². The van der Waals surface area contributed by atoms with Crippen molar-refractivity contribution in [2.45, 2.75) is 25.3 Å². The van der Waals surface area contributed by atoms with Gasteiger partial charge in [0.15, 0.2) is 0 Å². The predicted molar refractivity (Wildman–Crippen MR) is 74.7 cm³/mol. The Bertz CT molecular complexity index is 637. The highest BCUT2D eigenvalue weighted by molar-refractivity contribution is 5.80. The van der Waals surface area contributed by atoms with Crippen LogP contribution in [-0.4, -0.2) is 20.9 Å². The Morgan fingerprint density at radius 1 is 1.38 bits per heavy atom. The molecule has 2 unspecified atom stereocenters. The lowest BCUT2D eigenvalue weighted by Crippen LogP contribution is -2.39. The fourth-order valence-corrected chi connectivity index (χ4v) is 2.70. The SMILES string of the molecule is Cn1ncc(CNC(=O)C2CCC2c2ccc(F)cc2)n1. The van der Waals surface area contributed by atoms with Gasteiger partial charge in [-0.15, -0.1) is 0 Å². The van der Waals surface area contributed by atoms with E-state index in [-0.39, 0.29) is 23.6 Å². The second-order valence-corrected chi connectivity index (χ2v) is 5.39. The number of carbonyl (C=O) groups excluding carboxylic acids is 1. The molecule has 2 aromatic rings. The van der Waals surface area contributed by atoms with Gasteiger partial charge in [-0.05, 0) is 36.5 Å². The number of hydrogen-bond acceptors (Lipinski definition) is 3. The van der Waals surface area contributed by atoms with Crippen molar-refractivity contribution in [1.29, 1.82) is 0 Å². The number of amides is 1. The fraction of sp³-hybridized carbons (Fsp3) is 0.400. The lowest BCUT2D eigenvalue weighted by molar-refractivity contribution is -0.128. The number of aryl methyl sites for hydroxylation is 1. The summed E-state index contributed by atoms with van der Waals surface area (Å²) in [5, 5.41) is 11.0. The van der Waals surface area contributed by atoms with E-state index < -0.39 is 0 Å². The molecule has 0 saturated heterocycles. The van der Waals surface area contributed by atoms with E-state index in [2.05, 4.69) is 15.5 Å². The molecule has 21 heavy (non-hydrogen) atoms. The van der Waals surface area contributed by atoms with Crippen LogP contribution in [0.4, 0.5) is 4.39 Å². The molecule has 1 aromatic carbocycles. The predicted octanol–water partition coefficient (Wildman–Crippen LogP) is 1.76. The van der Waals surface area contributed by atoms with Gasteiger partial charge in [0.05, 0.1) is 12.7 Å². The Kier molecular flexibility index (Phi) is 3.68. The maximum Gasteiger partial charge on any atom is 0.224 e.